The van der Waals surface area contributed by atoms with Gasteiger partial charge in [-0.25, -0.2) is 0 Å². The number of benzene rings is 4. The Morgan fingerprint density at radius 3 is 0.944 bits per heavy atom. The molecule has 3 heterocycles. The van der Waals surface area contributed by atoms with Gasteiger partial charge in [0.15, 0.2) is 0 Å². The summed E-state index contributed by atoms with van der Waals surface area (Å²) in [6.45, 7) is 0. The van der Waals surface area contributed by atoms with Crippen molar-refractivity contribution in [3.05, 3.63) is 146 Å². The summed E-state index contributed by atoms with van der Waals surface area (Å²) in [6, 6.07) is 38.7. The number of nitrogens with zero attached hydrogens (tertiary/aromatic N) is 1. The zero-order valence-electron chi connectivity index (χ0n) is 34.3. The van der Waals surface area contributed by atoms with Crippen molar-refractivity contribution in [2.24, 2.45) is 0 Å². The third-order valence-corrected chi connectivity index (χ3v) is 67.2. The fourth-order valence-corrected chi connectivity index (χ4v) is 70.1. The summed E-state index contributed by atoms with van der Waals surface area (Å²) in [5, 5.41) is 11.0. The van der Waals surface area contributed by atoms with Crippen molar-refractivity contribution in [2.75, 3.05) is 0 Å². The lowest BCUT2D eigenvalue weighted by molar-refractivity contribution is 1.19. The van der Waals surface area contributed by atoms with Crippen LogP contribution in [0.5, 0.6) is 0 Å². The zero-order chi connectivity index (χ0) is 51.5. The lowest BCUT2D eigenvalue weighted by Crippen LogP contribution is -1.90. The van der Waals surface area contributed by atoms with E-state index in [9.17, 15) is 0 Å². The maximum absolute atomic E-state index is 4.71. The van der Waals surface area contributed by atoms with Gasteiger partial charge in [-0.15, -0.1) is 0 Å². The van der Waals surface area contributed by atoms with Crippen LogP contribution in [0.1, 0.15) is 11.1 Å². The molecule has 0 saturated heterocycles. The Morgan fingerprint density at radius 2 is 0.653 bits per heavy atom. The van der Waals surface area contributed by atoms with Gasteiger partial charge in [0, 0.05) is 351 Å². The smallest absolute Gasteiger partial charge is 0.0569 e. The van der Waals surface area contributed by atoms with Gasteiger partial charge in [-0.3, -0.25) is 0 Å². The zero-order valence-corrected chi connectivity index (χ0v) is 66.1. The second kappa shape index (κ2) is 49.8. The predicted octanol–water partition coefficient (Wildman–Crippen LogP) is 10.5. The quantitative estimate of drug-likeness (QED) is 0.160. The van der Waals surface area contributed by atoms with E-state index in [4.69, 9.17) is 44.8 Å². The molecule has 72 heavy (non-hydrogen) atoms. The summed E-state index contributed by atoms with van der Waals surface area (Å²) in [7, 11) is 47.1. The number of thiophene rings is 2. The maximum atomic E-state index is 4.71. The predicted molar refractivity (Wildman–Crippen MR) is 423 cm³/mol. The second-order valence-electron chi connectivity index (χ2n) is 10.8. The maximum Gasteiger partial charge on any atom is 0.0569 e. The van der Waals surface area contributed by atoms with E-state index in [0.717, 1.165) is 6.42 Å². The van der Waals surface area contributed by atoms with Crippen LogP contribution in [0.3, 0.4) is 0 Å². The average Bonchev–Trinajstić information content (AvgIpc) is 4.26. The van der Waals surface area contributed by atoms with E-state index in [1.165, 1.54) is 108 Å². The van der Waals surface area contributed by atoms with Gasteiger partial charge in [-0.05, 0) is 79.6 Å². The first-order valence-corrected chi connectivity index (χ1v) is 62.8. The first-order valence-electron chi connectivity index (χ1n) is 17.5. The van der Waals surface area contributed by atoms with Crippen LogP contribution in [0.25, 0.3) is 38.6 Å². The Morgan fingerprint density at radius 1 is 0.347 bits per heavy atom. The lowest BCUT2D eigenvalue weighted by Gasteiger charge is -2.03. The highest BCUT2D eigenvalue weighted by Gasteiger charge is 2.16. The van der Waals surface area contributed by atoms with E-state index in [2.05, 4.69) is 157 Å². The highest BCUT2D eigenvalue weighted by molar-refractivity contribution is 9.10. The summed E-state index contributed by atoms with van der Waals surface area (Å²) in [5.41, 5.74) is 9.55. The van der Waals surface area contributed by atoms with Crippen LogP contribution < -0.4 is 0 Å². The molecule has 4 aromatic carbocycles. The molecule has 1 nitrogen and oxygen atoms in total. The van der Waals surface area contributed by atoms with Crippen LogP contribution >= 0.6 is 38.6 Å². The van der Waals surface area contributed by atoms with Crippen molar-refractivity contribution in [2.45, 2.75) is 6.42 Å². The molecule has 0 N–H and O–H groups in total. The van der Waals surface area contributed by atoms with Crippen molar-refractivity contribution in [3.8, 4) is 16.8 Å². The molecule has 39 heteroatoms. The van der Waals surface area contributed by atoms with Crippen LogP contribution in [-0.4, -0.2) is 4.57 Å². The molecule has 3 aromatic heterocycles. The Kier molecular flexibility index (Phi) is 48.8. The summed E-state index contributed by atoms with van der Waals surface area (Å²) in [5.74, 6) is 0. The van der Waals surface area contributed by atoms with E-state index in [1.54, 1.807) is 227 Å². The molecule has 1 aliphatic carbocycles. The molecule has 1 aliphatic rings. The van der Waals surface area contributed by atoms with E-state index in [-0.39, 0.29) is 0 Å². The highest BCUT2D eigenvalue weighted by Crippen LogP contribution is 2.36. The summed E-state index contributed by atoms with van der Waals surface area (Å²) < 4.78 is 3.51. The van der Waals surface area contributed by atoms with Gasteiger partial charge in [-0.2, -0.15) is 22.7 Å². The van der Waals surface area contributed by atoms with E-state index >= 15 is 0 Å². The fourth-order valence-electron chi connectivity index (χ4n) is 5.17. The minimum atomic E-state index is 1.10. The Balaban J connectivity index is 0.000000235. The summed E-state index contributed by atoms with van der Waals surface area (Å²) >= 11 is 34.8. The molecule has 0 radical (unpaired) electrons. The summed E-state index contributed by atoms with van der Waals surface area (Å²) in [6.07, 6.45) is 1.10. The van der Waals surface area contributed by atoms with E-state index in [1.807, 2.05) is 16.8 Å². The molecule has 0 spiro atoms. The second-order valence-corrected chi connectivity index (χ2v) is 64.5. The van der Waals surface area contributed by atoms with Crippen LogP contribution in [-0.2, 0) is 331 Å². The van der Waals surface area contributed by atoms with Gasteiger partial charge >= 0.3 is 0 Å². The largest absolute Gasteiger partial charge is 0.308 e. The molecule has 7 aromatic rings. The number of hydrogen-bond acceptors (Lipinski definition) is 8. The molecule has 0 saturated carbocycles. The molecule has 0 fully saturated rings. The molecule has 390 valence electrons. The Labute approximate surface area is 547 Å². The standard InChI is InChI=1S/C16H11NS.C13H10.C4H3BrS.S14.S13.S8/c1-3-7-15-13(5-1)14-6-2-4-8-16(14)17(15)12-9-10-18-11-12;1-3-7-12-10(5-1)9-11-6-2-4-8-13(11)12;5-4-1-2-6-3-4;1-3-5-7-9-11-13-14-12-10-8-6-4-2;1-3-5-7-9-11-13-12-10-8-6-4-2;1-3-5-7-8-6-4-2/h1-11H;1-8H,9H2;1-3H;;;. The molecular weight excluding hydrogens is 1680 g/mol. The van der Waals surface area contributed by atoms with Crippen LogP contribution in [0.4, 0.5) is 0 Å². The normalized spacial score (nSPS) is 9.18. The molecule has 8 rings (SSSR count). The highest BCUT2D eigenvalue weighted by atomic mass is 79.9. The van der Waals surface area contributed by atoms with Gasteiger partial charge in [0.25, 0.3) is 0 Å². The number of halogens is 1. The van der Waals surface area contributed by atoms with Gasteiger partial charge in [0.1, 0.15) is 0 Å². The molecule has 0 aliphatic heterocycles. The minimum Gasteiger partial charge on any atom is -0.308 e. The molecule has 0 bridgehead atoms. The van der Waals surface area contributed by atoms with Crippen LogP contribution in [0.15, 0.2) is 135 Å². The van der Waals surface area contributed by atoms with Crippen molar-refractivity contribution >= 4 is 385 Å². The molecule has 0 unspecified atom stereocenters. The van der Waals surface area contributed by atoms with Gasteiger partial charge in [-0.1, -0.05) is 84.9 Å². The monoisotopic (exact) mass is 1700 g/mol. The van der Waals surface area contributed by atoms with Gasteiger partial charge in [0.2, 0.25) is 0 Å². The first-order chi connectivity index (χ1) is 35.5. The van der Waals surface area contributed by atoms with Crippen LogP contribution in [0, 0.1) is 0 Å². The number of fused-ring (bicyclic) bond motifs is 6. The SMILES string of the molecule is Brc1ccsc1.S=S=S=S=S=S=S=S.S=S=S=S=S=S=S=S=S=S=S=S=S.S=S=S=S=S=S=S=S=S=S=S=S=S=S.c1ccc2c(c1)Cc1ccccc1-2.c1ccc2c(c1)c1ccccc1n2-c1ccsc1. The fraction of sp³-hybridized carbons (Fsp3) is 0.0303. The molecule has 0 amide bonds. The van der Waals surface area contributed by atoms with Crippen molar-refractivity contribution in [3.63, 3.8) is 0 Å². The Hall–Kier alpha value is 4.26. The first kappa shape index (κ1) is 70.5. The number of hydrogen-bond donors (Lipinski definition) is 0. The summed E-state index contributed by atoms with van der Waals surface area (Å²) in [4.78, 5) is 0. The number of para-hydroxylation sites is 2. The third kappa shape index (κ3) is 31.6. The third-order valence-electron chi connectivity index (χ3n) is 7.26. The number of rotatable bonds is 1. The van der Waals surface area contributed by atoms with Crippen molar-refractivity contribution in [1.29, 1.82) is 0 Å². The van der Waals surface area contributed by atoms with Crippen molar-refractivity contribution in [1.82, 2.24) is 4.57 Å². The Bertz CT molecular complexity index is 4050. The van der Waals surface area contributed by atoms with Crippen molar-refractivity contribution < 1.29 is 0 Å². The lowest BCUT2D eigenvalue weighted by atomic mass is 10.1. The average molecular weight is 1700 g/mol. The van der Waals surface area contributed by atoms with Gasteiger partial charge < -0.3 is 4.57 Å². The minimum absolute atomic E-state index is 1.10. The number of aromatic nitrogens is 1. The van der Waals surface area contributed by atoms with E-state index < -0.39 is 0 Å². The van der Waals surface area contributed by atoms with Gasteiger partial charge in [0.05, 0.1) is 16.7 Å². The molecular formula is C33H24BrNS37. The molecule has 0 atom stereocenters. The van der Waals surface area contributed by atoms with Crippen LogP contribution in [0.2, 0.25) is 0 Å². The topological polar surface area (TPSA) is 4.93 Å². The van der Waals surface area contributed by atoms with E-state index in [0.29, 0.717) is 0 Å².